The highest BCUT2D eigenvalue weighted by Crippen LogP contribution is 2.31. The van der Waals surface area contributed by atoms with E-state index >= 15 is 0 Å². The highest BCUT2D eigenvalue weighted by molar-refractivity contribution is 7.99. The standard InChI is InChI=1S/C15H23NOS.C3H8.C2H6.H2/c1-5-13(17)14(16)15(3,4)18-10-12-9-7-6-8-11(12)2;1-3-2;1-2;/h6-9,14H,5,10,16H2,1-4H3;3H2,1-2H3;1-2H3;1H. The normalized spacial score (nSPS) is 11.5. The Morgan fingerprint density at radius 3 is 2.13 bits per heavy atom. The number of carbonyl (C=O) groups is 1. The van der Waals surface area contributed by atoms with Crippen molar-refractivity contribution in [3.05, 3.63) is 35.4 Å². The topological polar surface area (TPSA) is 43.1 Å². The molecule has 136 valence electrons. The van der Waals surface area contributed by atoms with Crippen molar-refractivity contribution in [3.63, 3.8) is 0 Å². The van der Waals surface area contributed by atoms with E-state index in [1.165, 1.54) is 17.5 Å². The molecule has 0 fully saturated rings. The van der Waals surface area contributed by atoms with Gasteiger partial charge in [0.1, 0.15) is 0 Å². The minimum absolute atomic E-state index is 0. The maximum atomic E-state index is 11.7. The molecule has 0 radical (unpaired) electrons. The van der Waals surface area contributed by atoms with Crippen LogP contribution in [0.4, 0.5) is 0 Å². The number of thioether (sulfide) groups is 1. The number of carbonyl (C=O) groups excluding carboxylic acids is 1. The van der Waals surface area contributed by atoms with Crippen LogP contribution in [0.25, 0.3) is 0 Å². The van der Waals surface area contributed by atoms with Gasteiger partial charge in [0.2, 0.25) is 0 Å². The lowest BCUT2D eigenvalue weighted by molar-refractivity contribution is -0.120. The Balaban J connectivity index is -0.000000660. The van der Waals surface area contributed by atoms with Crippen LogP contribution in [-0.2, 0) is 10.5 Å². The van der Waals surface area contributed by atoms with E-state index < -0.39 is 6.04 Å². The number of benzene rings is 1. The van der Waals surface area contributed by atoms with Crippen molar-refractivity contribution in [3.8, 4) is 0 Å². The van der Waals surface area contributed by atoms with E-state index in [0.29, 0.717) is 6.42 Å². The lowest BCUT2D eigenvalue weighted by Crippen LogP contribution is -2.46. The second kappa shape index (κ2) is 13.6. The summed E-state index contributed by atoms with van der Waals surface area (Å²) >= 11 is 1.75. The average molecular weight is 342 g/mol. The van der Waals surface area contributed by atoms with Crippen molar-refractivity contribution < 1.29 is 6.22 Å². The van der Waals surface area contributed by atoms with Gasteiger partial charge in [-0.05, 0) is 31.9 Å². The number of hydrogen-bond donors (Lipinski definition) is 1. The molecule has 0 aliphatic heterocycles. The number of Topliss-reactive ketones (excluding diaryl/α,β-unsaturated/α-hetero) is 1. The first kappa shape index (κ1) is 24.5. The Morgan fingerprint density at radius 1 is 1.22 bits per heavy atom. The third-order valence-electron chi connectivity index (χ3n) is 3.31. The van der Waals surface area contributed by atoms with Gasteiger partial charge in [0, 0.05) is 18.3 Å². The molecule has 1 atom stereocenters. The molecule has 0 spiro atoms. The Hall–Kier alpha value is -0.800. The molecule has 0 saturated heterocycles. The molecular weight excluding hydrogens is 302 g/mol. The Labute approximate surface area is 150 Å². The number of hydrogen-bond acceptors (Lipinski definition) is 3. The monoisotopic (exact) mass is 341 g/mol. The molecule has 0 amide bonds. The van der Waals surface area contributed by atoms with Crippen LogP contribution in [0.15, 0.2) is 24.3 Å². The van der Waals surface area contributed by atoms with Gasteiger partial charge in [0.25, 0.3) is 0 Å². The zero-order valence-corrected chi connectivity index (χ0v) is 17.2. The van der Waals surface area contributed by atoms with E-state index in [9.17, 15) is 4.79 Å². The maximum Gasteiger partial charge on any atom is 0.150 e. The molecule has 0 aliphatic carbocycles. The number of rotatable bonds is 6. The van der Waals surface area contributed by atoms with Gasteiger partial charge in [-0.15, -0.1) is 11.8 Å². The average Bonchev–Trinajstić information content (AvgIpc) is 2.55. The van der Waals surface area contributed by atoms with Crippen molar-refractivity contribution in [1.29, 1.82) is 0 Å². The molecule has 1 unspecified atom stereocenters. The molecule has 2 nitrogen and oxygen atoms in total. The molecule has 2 N–H and O–H groups in total. The first-order valence-corrected chi connectivity index (χ1v) is 9.75. The SMILES string of the molecule is CC.CCC.CCC(=O)C(N)C(C)(C)SCc1ccccc1C.[HH]. The number of aryl methyl sites for hydroxylation is 1. The molecule has 1 aromatic carbocycles. The number of nitrogens with two attached hydrogens (primary N) is 1. The molecule has 0 bridgehead atoms. The van der Waals surface area contributed by atoms with Crippen LogP contribution < -0.4 is 5.73 Å². The zero-order chi connectivity index (χ0) is 18.5. The zero-order valence-electron chi connectivity index (χ0n) is 16.4. The van der Waals surface area contributed by atoms with Gasteiger partial charge in [0.15, 0.2) is 5.78 Å². The molecular formula is C20H39NOS. The predicted molar refractivity (Wildman–Crippen MR) is 109 cm³/mol. The lowest BCUT2D eigenvalue weighted by Gasteiger charge is -2.30. The van der Waals surface area contributed by atoms with E-state index in [1.807, 2.05) is 46.8 Å². The highest BCUT2D eigenvalue weighted by Gasteiger charge is 2.31. The summed E-state index contributed by atoms with van der Waals surface area (Å²) < 4.78 is -0.227. The lowest BCUT2D eigenvalue weighted by atomic mass is 9.98. The van der Waals surface area contributed by atoms with Gasteiger partial charge in [-0.25, -0.2) is 0 Å². The molecule has 0 aromatic heterocycles. The van der Waals surface area contributed by atoms with Crippen molar-refractivity contribution in [1.82, 2.24) is 0 Å². The van der Waals surface area contributed by atoms with E-state index in [-0.39, 0.29) is 12.0 Å². The number of ketones is 1. The van der Waals surface area contributed by atoms with Gasteiger partial charge in [-0.2, -0.15) is 0 Å². The van der Waals surface area contributed by atoms with Crippen LogP contribution in [0.5, 0.6) is 0 Å². The van der Waals surface area contributed by atoms with Gasteiger partial charge >= 0.3 is 0 Å². The first-order chi connectivity index (χ1) is 10.8. The minimum Gasteiger partial charge on any atom is -0.320 e. The molecule has 0 saturated carbocycles. The largest absolute Gasteiger partial charge is 0.320 e. The van der Waals surface area contributed by atoms with Crippen LogP contribution in [0, 0.1) is 6.92 Å². The molecule has 1 rings (SSSR count). The molecule has 3 heteroatoms. The van der Waals surface area contributed by atoms with Gasteiger partial charge in [-0.1, -0.05) is 65.3 Å². The third kappa shape index (κ3) is 9.83. The van der Waals surface area contributed by atoms with Gasteiger partial charge in [0.05, 0.1) is 6.04 Å². The van der Waals surface area contributed by atoms with Crippen molar-refractivity contribution >= 4 is 17.5 Å². The van der Waals surface area contributed by atoms with E-state index in [4.69, 9.17) is 5.73 Å². The van der Waals surface area contributed by atoms with Crippen molar-refractivity contribution in [2.75, 3.05) is 0 Å². The molecule has 1 aromatic rings. The first-order valence-electron chi connectivity index (χ1n) is 8.76. The summed E-state index contributed by atoms with van der Waals surface area (Å²) in [6.45, 7) is 16.3. The summed E-state index contributed by atoms with van der Waals surface area (Å²) in [7, 11) is 0. The predicted octanol–water partition coefficient (Wildman–Crippen LogP) is 6.00. The Morgan fingerprint density at radius 2 is 1.70 bits per heavy atom. The fraction of sp³-hybridized carbons (Fsp3) is 0.650. The van der Waals surface area contributed by atoms with Crippen LogP contribution in [0.2, 0.25) is 0 Å². The maximum absolute atomic E-state index is 11.7. The van der Waals surface area contributed by atoms with Gasteiger partial charge < -0.3 is 5.73 Å². The van der Waals surface area contributed by atoms with E-state index in [1.54, 1.807) is 11.8 Å². The van der Waals surface area contributed by atoms with E-state index in [0.717, 1.165) is 5.75 Å². The highest BCUT2D eigenvalue weighted by atomic mass is 32.2. The van der Waals surface area contributed by atoms with Gasteiger partial charge in [-0.3, -0.25) is 4.79 Å². The van der Waals surface area contributed by atoms with Crippen LogP contribution >= 0.6 is 11.8 Å². The fourth-order valence-electron chi connectivity index (χ4n) is 1.73. The fourth-order valence-corrected chi connectivity index (χ4v) is 2.90. The quantitative estimate of drug-likeness (QED) is 0.690. The summed E-state index contributed by atoms with van der Waals surface area (Å²) in [6, 6.07) is 7.94. The second-order valence-corrected chi connectivity index (χ2v) is 7.45. The molecule has 0 aliphatic rings. The smallest absolute Gasteiger partial charge is 0.150 e. The van der Waals surface area contributed by atoms with E-state index in [2.05, 4.69) is 32.9 Å². The van der Waals surface area contributed by atoms with Crippen LogP contribution in [-0.4, -0.2) is 16.6 Å². The summed E-state index contributed by atoms with van der Waals surface area (Å²) in [6.07, 6.45) is 1.76. The van der Waals surface area contributed by atoms with Crippen molar-refractivity contribution in [2.24, 2.45) is 5.73 Å². The summed E-state index contributed by atoms with van der Waals surface area (Å²) in [5.41, 5.74) is 8.64. The summed E-state index contributed by atoms with van der Waals surface area (Å²) in [5.74, 6) is 1.03. The third-order valence-corrected chi connectivity index (χ3v) is 4.76. The molecule has 23 heavy (non-hydrogen) atoms. The Bertz CT molecular complexity index is 435. The van der Waals surface area contributed by atoms with Crippen LogP contribution in [0.1, 0.15) is 73.9 Å². The van der Waals surface area contributed by atoms with Crippen LogP contribution in [0.3, 0.4) is 0 Å². The molecule has 0 heterocycles. The summed E-state index contributed by atoms with van der Waals surface area (Å²) in [5, 5.41) is 0. The summed E-state index contributed by atoms with van der Waals surface area (Å²) in [4.78, 5) is 11.7. The second-order valence-electron chi connectivity index (χ2n) is 5.82. The Kier molecular flexibility index (Phi) is 14.5. The van der Waals surface area contributed by atoms with Crippen molar-refractivity contribution in [2.45, 2.75) is 84.8 Å². The minimum atomic E-state index is -0.392.